The summed E-state index contributed by atoms with van der Waals surface area (Å²) in [7, 11) is 0. The molecule has 0 heterocycles. The Bertz CT molecular complexity index is 385. The van der Waals surface area contributed by atoms with Crippen LogP contribution in [-0.2, 0) is 21.7 Å². The van der Waals surface area contributed by atoms with Crippen molar-refractivity contribution in [2.45, 2.75) is 48.5 Å². The third kappa shape index (κ3) is 2.41. The summed E-state index contributed by atoms with van der Waals surface area (Å²) >= 11 is 0. The van der Waals surface area contributed by atoms with Gasteiger partial charge in [-0.2, -0.15) is 0 Å². The maximum atomic E-state index is 2.45. The zero-order valence-electron chi connectivity index (χ0n) is 13.4. The van der Waals surface area contributed by atoms with Crippen LogP contribution in [0.2, 0.25) is 0 Å². The van der Waals surface area contributed by atoms with E-state index in [9.17, 15) is 0 Å². The molecule has 114 valence electrons. The molecule has 0 aliphatic heterocycles. The van der Waals surface area contributed by atoms with Gasteiger partial charge >= 0.3 is 21.7 Å². The molecule has 1 fully saturated rings. The predicted octanol–water partition coefficient (Wildman–Crippen LogP) is -4.21. The third-order valence-corrected chi connectivity index (χ3v) is 6.34. The van der Waals surface area contributed by atoms with Crippen molar-refractivity contribution in [3.63, 3.8) is 0 Å². The molecular formula is C16H25F3Ti. The Morgan fingerprint density at radius 1 is 1.00 bits per heavy atom. The normalized spacial score (nSPS) is 31.6. The first-order valence-corrected chi connectivity index (χ1v) is 6.40. The molecule has 0 spiro atoms. The van der Waals surface area contributed by atoms with E-state index < -0.39 is 0 Å². The van der Waals surface area contributed by atoms with Gasteiger partial charge in [0.2, 0.25) is 0 Å². The number of rotatable bonds is 0. The fourth-order valence-electron chi connectivity index (χ4n) is 3.80. The minimum atomic E-state index is 0. The van der Waals surface area contributed by atoms with Crippen molar-refractivity contribution >= 4 is 0 Å². The van der Waals surface area contributed by atoms with Gasteiger partial charge < -0.3 is 14.1 Å². The summed E-state index contributed by atoms with van der Waals surface area (Å²) in [4.78, 5) is 0. The summed E-state index contributed by atoms with van der Waals surface area (Å²) in [6.07, 6.45) is 6.94. The van der Waals surface area contributed by atoms with E-state index in [4.69, 9.17) is 0 Å². The zero-order valence-corrected chi connectivity index (χ0v) is 15.0. The van der Waals surface area contributed by atoms with E-state index in [1.54, 1.807) is 11.5 Å². The minimum absolute atomic E-state index is 0. The van der Waals surface area contributed by atoms with E-state index in [2.05, 4.69) is 66.7 Å². The molecule has 0 radical (unpaired) electrons. The summed E-state index contributed by atoms with van der Waals surface area (Å²) in [5.41, 5.74) is 2.46. The van der Waals surface area contributed by atoms with E-state index in [1.165, 1.54) is 0 Å². The largest absolute Gasteiger partial charge is 4.00 e. The van der Waals surface area contributed by atoms with Crippen molar-refractivity contribution in [2.24, 2.45) is 22.2 Å². The average Bonchev–Trinajstić information content (AvgIpc) is 2.29. The molecule has 0 aromatic carbocycles. The summed E-state index contributed by atoms with van der Waals surface area (Å²) in [6, 6.07) is 0. The zero-order chi connectivity index (χ0) is 12.4. The summed E-state index contributed by atoms with van der Waals surface area (Å²) in [6.45, 7) is 16.8. The van der Waals surface area contributed by atoms with Crippen molar-refractivity contribution < 1.29 is 35.8 Å². The molecular weight excluding hydrogens is 297 g/mol. The molecule has 0 aromatic rings. The van der Waals surface area contributed by atoms with Gasteiger partial charge in [-0.1, -0.05) is 53.0 Å². The van der Waals surface area contributed by atoms with Crippen molar-refractivity contribution in [3.05, 3.63) is 29.7 Å². The van der Waals surface area contributed by atoms with Crippen LogP contribution in [-0.4, -0.2) is 0 Å². The average molecular weight is 322 g/mol. The second-order valence-electron chi connectivity index (χ2n) is 6.83. The van der Waals surface area contributed by atoms with Gasteiger partial charge in [-0.05, 0) is 16.7 Å². The van der Waals surface area contributed by atoms with Crippen LogP contribution in [0.15, 0.2) is 23.8 Å². The summed E-state index contributed by atoms with van der Waals surface area (Å²) in [5.74, 6) is 2.20. The fourth-order valence-corrected chi connectivity index (χ4v) is 3.80. The molecule has 0 saturated heterocycles. The Hall–Kier alpha value is -0.146. The molecule has 2 unspecified atom stereocenters. The SMILES string of the molecule is C[C-]1C2=CC=CC(C)C2(C)C(C)(C)C1(C)C.[F-].[F-].[F-].[Ti+4]. The maximum Gasteiger partial charge on any atom is 4.00 e. The molecule has 20 heavy (non-hydrogen) atoms. The molecule has 4 heteroatoms. The van der Waals surface area contributed by atoms with Gasteiger partial charge in [-0.15, -0.1) is 13.0 Å². The molecule has 2 aliphatic rings. The summed E-state index contributed by atoms with van der Waals surface area (Å²) in [5, 5.41) is 0. The Kier molecular flexibility index (Phi) is 8.38. The monoisotopic (exact) mass is 322 g/mol. The molecule has 0 aromatic heterocycles. The van der Waals surface area contributed by atoms with Crippen LogP contribution in [0.4, 0.5) is 0 Å². The maximum absolute atomic E-state index is 2.45. The molecule has 2 aliphatic carbocycles. The van der Waals surface area contributed by atoms with Gasteiger partial charge in [-0.25, -0.2) is 17.6 Å². The Morgan fingerprint density at radius 3 is 1.85 bits per heavy atom. The second-order valence-corrected chi connectivity index (χ2v) is 6.83. The van der Waals surface area contributed by atoms with Crippen LogP contribution in [0.3, 0.4) is 0 Å². The second kappa shape index (κ2) is 6.74. The van der Waals surface area contributed by atoms with Gasteiger partial charge in [0.25, 0.3) is 0 Å². The van der Waals surface area contributed by atoms with E-state index >= 15 is 0 Å². The standard InChI is InChI=1S/C16H25.3FH.Ti/c1-11-9-8-10-13-12(2)14(3,4)15(5,6)16(11,13)7;;;;/h8-11H,1-7H3;3*1H;/q-1;;;;+4/p-3. The number of fused-ring (bicyclic) bond motifs is 1. The first kappa shape index (κ1) is 24.8. The predicted molar refractivity (Wildman–Crippen MR) is 71.0 cm³/mol. The number of hydrogen-bond donors (Lipinski definition) is 0. The smallest absolute Gasteiger partial charge is 1.00 e. The topological polar surface area (TPSA) is 0 Å². The van der Waals surface area contributed by atoms with Gasteiger partial charge in [0.05, 0.1) is 0 Å². The Labute approximate surface area is 136 Å². The van der Waals surface area contributed by atoms with Gasteiger partial charge in [0.1, 0.15) is 0 Å². The Morgan fingerprint density at radius 2 is 1.45 bits per heavy atom. The van der Waals surface area contributed by atoms with Crippen LogP contribution in [0.25, 0.3) is 0 Å². The van der Waals surface area contributed by atoms with Gasteiger partial charge in [-0.3, -0.25) is 0 Å². The number of hydrogen-bond acceptors (Lipinski definition) is 0. The van der Waals surface area contributed by atoms with Crippen molar-refractivity contribution in [2.75, 3.05) is 0 Å². The van der Waals surface area contributed by atoms with Gasteiger partial charge in [0, 0.05) is 0 Å². The number of allylic oxidation sites excluding steroid dienone is 4. The molecule has 1 saturated carbocycles. The number of halogens is 3. The van der Waals surface area contributed by atoms with Crippen molar-refractivity contribution in [3.8, 4) is 0 Å². The third-order valence-electron chi connectivity index (χ3n) is 6.34. The van der Waals surface area contributed by atoms with Crippen molar-refractivity contribution in [1.29, 1.82) is 0 Å². The van der Waals surface area contributed by atoms with Gasteiger partial charge in [0.15, 0.2) is 0 Å². The molecule has 0 bridgehead atoms. The molecule has 0 nitrogen and oxygen atoms in total. The Balaban J connectivity index is -0.000000722. The van der Waals surface area contributed by atoms with Crippen LogP contribution in [0, 0.1) is 28.1 Å². The first-order chi connectivity index (χ1) is 7.17. The quantitative estimate of drug-likeness (QED) is 0.313. The first-order valence-electron chi connectivity index (χ1n) is 6.40. The van der Waals surface area contributed by atoms with Crippen LogP contribution < -0.4 is 14.1 Å². The molecule has 0 amide bonds. The van der Waals surface area contributed by atoms with Crippen molar-refractivity contribution in [1.82, 2.24) is 0 Å². The fraction of sp³-hybridized carbons (Fsp3) is 0.688. The van der Waals surface area contributed by atoms with E-state index in [0.29, 0.717) is 11.3 Å². The van der Waals surface area contributed by atoms with E-state index in [1.807, 2.05) is 0 Å². The summed E-state index contributed by atoms with van der Waals surface area (Å²) < 4.78 is 0. The molecule has 2 atom stereocenters. The van der Waals surface area contributed by atoms with Crippen LogP contribution in [0.1, 0.15) is 48.5 Å². The van der Waals surface area contributed by atoms with E-state index in [0.717, 1.165) is 0 Å². The van der Waals surface area contributed by atoms with Crippen LogP contribution >= 0.6 is 0 Å². The van der Waals surface area contributed by atoms with E-state index in [-0.39, 0.29) is 46.7 Å². The molecule has 0 N–H and O–H groups in total. The van der Waals surface area contributed by atoms with Crippen LogP contribution in [0.5, 0.6) is 0 Å². The minimum Gasteiger partial charge on any atom is -1.00 e. The molecule has 2 rings (SSSR count).